The van der Waals surface area contributed by atoms with Crippen molar-refractivity contribution in [3.05, 3.63) is 59.9 Å². The Labute approximate surface area is 157 Å². The van der Waals surface area contributed by atoms with Gasteiger partial charge in [-0.25, -0.2) is 4.39 Å². The zero-order valence-electron chi connectivity index (χ0n) is 15.3. The van der Waals surface area contributed by atoms with Gasteiger partial charge in [0.15, 0.2) is 17.7 Å². The van der Waals surface area contributed by atoms with Crippen LogP contribution >= 0.6 is 0 Å². The maximum atomic E-state index is 13.5. The second-order valence-electron chi connectivity index (χ2n) is 5.77. The van der Waals surface area contributed by atoms with E-state index in [1.807, 2.05) is 31.2 Å². The van der Waals surface area contributed by atoms with E-state index in [9.17, 15) is 14.0 Å². The van der Waals surface area contributed by atoms with Crippen LogP contribution in [0.4, 0.5) is 4.39 Å². The molecule has 27 heavy (non-hydrogen) atoms. The normalized spacial score (nSPS) is 11.4. The summed E-state index contributed by atoms with van der Waals surface area (Å²) in [4.78, 5) is 23.9. The number of hydrogen-bond donors (Lipinski definition) is 2. The molecule has 0 aliphatic rings. The van der Waals surface area contributed by atoms with Crippen molar-refractivity contribution in [3.63, 3.8) is 0 Å². The lowest BCUT2D eigenvalue weighted by Gasteiger charge is -2.15. The molecule has 0 saturated heterocycles. The molecule has 2 amide bonds. The Kier molecular flexibility index (Phi) is 7.61. The van der Waals surface area contributed by atoms with Crippen molar-refractivity contribution in [2.75, 3.05) is 6.61 Å². The predicted octanol–water partition coefficient (Wildman–Crippen LogP) is 2.77. The quantitative estimate of drug-likeness (QED) is 0.697. The SMILES string of the molecule is CCOc1ccccc1CCC(=O)NNC(=O)[C@H](C)Oc1ccccc1F. The second-order valence-corrected chi connectivity index (χ2v) is 5.77. The van der Waals surface area contributed by atoms with Crippen LogP contribution in [-0.2, 0) is 16.0 Å². The fourth-order valence-electron chi connectivity index (χ4n) is 2.33. The Hall–Kier alpha value is -3.09. The van der Waals surface area contributed by atoms with Crippen LogP contribution in [-0.4, -0.2) is 24.5 Å². The molecule has 2 N–H and O–H groups in total. The first-order valence-corrected chi connectivity index (χ1v) is 8.71. The highest BCUT2D eigenvalue weighted by atomic mass is 19.1. The third-order valence-electron chi connectivity index (χ3n) is 3.73. The van der Waals surface area contributed by atoms with E-state index in [2.05, 4.69) is 10.9 Å². The number of para-hydroxylation sites is 2. The number of nitrogens with one attached hydrogen (secondary N) is 2. The molecule has 1 atom stereocenters. The maximum Gasteiger partial charge on any atom is 0.279 e. The fraction of sp³-hybridized carbons (Fsp3) is 0.300. The van der Waals surface area contributed by atoms with Crippen molar-refractivity contribution in [3.8, 4) is 11.5 Å². The summed E-state index contributed by atoms with van der Waals surface area (Å²) in [6, 6.07) is 13.3. The van der Waals surface area contributed by atoms with Gasteiger partial charge in [-0.15, -0.1) is 0 Å². The number of amides is 2. The summed E-state index contributed by atoms with van der Waals surface area (Å²) >= 11 is 0. The monoisotopic (exact) mass is 374 g/mol. The van der Waals surface area contributed by atoms with Gasteiger partial charge < -0.3 is 9.47 Å². The highest BCUT2D eigenvalue weighted by molar-refractivity contribution is 5.84. The van der Waals surface area contributed by atoms with Crippen molar-refractivity contribution in [2.45, 2.75) is 32.8 Å². The van der Waals surface area contributed by atoms with E-state index >= 15 is 0 Å². The molecule has 2 aromatic rings. The molecule has 2 rings (SSSR count). The number of hydrazine groups is 1. The van der Waals surface area contributed by atoms with Crippen LogP contribution in [0, 0.1) is 5.82 Å². The molecular weight excluding hydrogens is 351 g/mol. The lowest BCUT2D eigenvalue weighted by Crippen LogP contribution is -2.47. The van der Waals surface area contributed by atoms with Crippen LogP contribution in [0.2, 0.25) is 0 Å². The van der Waals surface area contributed by atoms with Crippen molar-refractivity contribution in [2.24, 2.45) is 0 Å². The number of carbonyl (C=O) groups excluding carboxylic acids is 2. The lowest BCUT2D eigenvalue weighted by molar-refractivity contribution is -0.132. The first kappa shape index (κ1) is 20.2. The molecule has 0 aliphatic carbocycles. The van der Waals surface area contributed by atoms with Crippen molar-refractivity contribution >= 4 is 11.8 Å². The minimum atomic E-state index is -0.971. The number of rotatable bonds is 8. The number of carbonyl (C=O) groups is 2. The van der Waals surface area contributed by atoms with Gasteiger partial charge in [0.05, 0.1) is 6.61 Å². The first-order valence-electron chi connectivity index (χ1n) is 8.71. The second kappa shape index (κ2) is 10.2. The van der Waals surface area contributed by atoms with Crippen LogP contribution in [0.5, 0.6) is 11.5 Å². The van der Waals surface area contributed by atoms with Crippen LogP contribution in [0.15, 0.2) is 48.5 Å². The molecule has 0 bridgehead atoms. The summed E-state index contributed by atoms with van der Waals surface area (Å²) in [7, 11) is 0. The molecule has 7 heteroatoms. The summed E-state index contributed by atoms with van der Waals surface area (Å²) in [5, 5.41) is 0. The molecule has 0 spiro atoms. The molecule has 144 valence electrons. The van der Waals surface area contributed by atoms with Crippen LogP contribution < -0.4 is 20.3 Å². The van der Waals surface area contributed by atoms with Crippen molar-refractivity contribution in [1.29, 1.82) is 0 Å². The largest absolute Gasteiger partial charge is 0.494 e. The van der Waals surface area contributed by atoms with Gasteiger partial charge in [-0.05, 0) is 44.0 Å². The number of benzene rings is 2. The molecule has 0 radical (unpaired) electrons. The smallest absolute Gasteiger partial charge is 0.279 e. The van der Waals surface area contributed by atoms with E-state index in [-0.39, 0.29) is 18.1 Å². The predicted molar refractivity (Wildman–Crippen MR) is 98.7 cm³/mol. The maximum absolute atomic E-state index is 13.5. The van der Waals surface area contributed by atoms with Gasteiger partial charge >= 0.3 is 0 Å². The summed E-state index contributed by atoms with van der Waals surface area (Å²) in [6.07, 6.45) is -0.326. The molecule has 6 nitrogen and oxygen atoms in total. The van der Waals surface area contributed by atoms with Gasteiger partial charge in [-0.1, -0.05) is 30.3 Å². The zero-order chi connectivity index (χ0) is 19.6. The molecule has 0 aromatic heterocycles. The minimum absolute atomic E-state index is 0.0287. The Balaban J connectivity index is 1.78. The topological polar surface area (TPSA) is 76.7 Å². The number of ether oxygens (including phenoxy) is 2. The minimum Gasteiger partial charge on any atom is -0.494 e. The Bertz CT molecular complexity index is 782. The van der Waals surface area contributed by atoms with Gasteiger partial charge in [-0.3, -0.25) is 20.4 Å². The van der Waals surface area contributed by atoms with E-state index in [0.717, 1.165) is 11.3 Å². The van der Waals surface area contributed by atoms with Crippen molar-refractivity contribution in [1.82, 2.24) is 10.9 Å². The summed E-state index contributed by atoms with van der Waals surface area (Å²) in [6.45, 7) is 3.90. The number of halogens is 1. The average Bonchev–Trinajstić information content (AvgIpc) is 2.67. The Morgan fingerprint density at radius 2 is 1.70 bits per heavy atom. The molecular formula is C20H23FN2O4. The van der Waals surface area contributed by atoms with E-state index < -0.39 is 17.8 Å². The molecule has 0 saturated carbocycles. The molecule has 2 aromatic carbocycles. The summed E-state index contributed by atoms with van der Waals surface area (Å²) in [5.74, 6) is -0.786. The Morgan fingerprint density at radius 1 is 1.04 bits per heavy atom. The van der Waals surface area contributed by atoms with Crippen LogP contribution in [0.1, 0.15) is 25.8 Å². The van der Waals surface area contributed by atoms with Gasteiger partial charge in [0, 0.05) is 6.42 Å². The van der Waals surface area contributed by atoms with E-state index in [4.69, 9.17) is 9.47 Å². The first-order chi connectivity index (χ1) is 13.0. The van der Waals surface area contributed by atoms with E-state index in [1.54, 1.807) is 6.07 Å². The fourth-order valence-corrected chi connectivity index (χ4v) is 2.33. The Morgan fingerprint density at radius 3 is 2.41 bits per heavy atom. The third-order valence-corrected chi connectivity index (χ3v) is 3.73. The lowest BCUT2D eigenvalue weighted by atomic mass is 10.1. The molecule has 0 unspecified atom stereocenters. The number of hydrogen-bond acceptors (Lipinski definition) is 4. The average molecular weight is 374 g/mol. The van der Waals surface area contributed by atoms with Gasteiger partial charge in [-0.2, -0.15) is 0 Å². The highest BCUT2D eigenvalue weighted by Crippen LogP contribution is 2.19. The zero-order valence-corrected chi connectivity index (χ0v) is 15.3. The number of aryl methyl sites for hydroxylation is 1. The van der Waals surface area contributed by atoms with Gasteiger partial charge in [0.25, 0.3) is 5.91 Å². The highest BCUT2D eigenvalue weighted by Gasteiger charge is 2.17. The molecule has 0 aliphatic heterocycles. The van der Waals surface area contributed by atoms with Gasteiger partial charge in [0.2, 0.25) is 5.91 Å². The van der Waals surface area contributed by atoms with Crippen LogP contribution in [0.25, 0.3) is 0 Å². The van der Waals surface area contributed by atoms with E-state index in [1.165, 1.54) is 25.1 Å². The van der Waals surface area contributed by atoms with Gasteiger partial charge in [0.1, 0.15) is 5.75 Å². The summed E-state index contributed by atoms with van der Waals surface area (Å²) < 4.78 is 24.3. The molecule has 0 heterocycles. The van der Waals surface area contributed by atoms with Crippen LogP contribution in [0.3, 0.4) is 0 Å². The third kappa shape index (κ3) is 6.29. The van der Waals surface area contributed by atoms with E-state index in [0.29, 0.717) is 13.0 Å². The van der Waals surface area contributed by atoms with Crippen molar-refractivity contribution < 1.29 is 23.5 Å². The molecule has 0 fully saturated rings. The summed E-state index contributed by atoms with van der Waals surface area (Å²) in [5.41, 5.74) is 5.53. The standard InChI is InChI=1S/C20H23FN2O4/c1-3-26-17-10-6-4-8-15(17)12-13-19(24)22-23-20(25)14(2)27-18-11-7-5-9-16(18)21/h4-11,14H,3,12-13H2,1-2H3,(H,22,24)(H,23,25)/t14-/m0/s1.